The van der Waals surface area contributed by atoms with Crippen LogP contribution in [0.3, 0.4) is 0 Å². The van der Waals surface area contributed by atoms with Crippen LogP contribution in [0.25, 0.3) is 5.69 Å². The van der Waals surface area contributed by atoms with Gasteiger partial charge < -0.3 is 19.4 Å². The molecule has 1 amide bonds. The van der Waals surface area contributed by atoms with E-state index in [0.29, 0.717) is 23.8 Å². The highest BCUT2D eigenvalue weighted by atomic mass is 16.6. The first-order valence-electron chi connectivity index (χ1n) is 9.83. The molecular formula is C22H24N4O5. The van der Waals surface area contributed by atoms with Crippen LogP contribution in [0, 0.1) is 10.1 Å². The Balaban J connectivity index is 1.79. The average Bonchev–Trinajstić information content (AvgIpc) is 3.31. The van der Waals surface area contributed by atoms with Crippen LogP contribution in [0.5, 0.6) is 11.5 Å². The molecule has 0 saturated heterocycles. The quantitative estimate of drug-likeness (QED) is 0.410. The number of methoxy groups -OCH3 is 1. The molecule has 3 aromatic rings. The maximum Gasteiger partial charge on any atom is 0.294 e. The topological polar surface area (TPSA) is 109 Å². The van der Waals surface area contributed by atoms with E-state index in [1.54, 1.807) is 31.5 Å². The lowest BCUT2D eigenvalue weighted by Crippen LogP contribution is -2.26. The standard InChI is InChI=1S/C22H24N4O5/c1-4-11-31-20-8-6-16(13-21(20)30-3)15(2)24-22(27)17-5-7-18(19(12-17)26(28)29)25-10-9-23-14-25/h5-10,12-15H,4,11H2,1-3H3,(H,24,27). The van der Waals surface area contributed by atoms with E-state index in [0.717, 1.165) is 12.0 Å². The molecular weight excluding hydrogens is 400 g/mol. The number of carbonyl (C=O) groups excluding carboxylic acids is 1. The number of nitrogens with one attached hydrogen (secondary N) is 1. The van der Waals surface area contributed by atoms with E-state index in [-0.39, 0.29) is 17.3 Å². The van der Waals surface area contributed by atoms with Gasteiger partial charge in [-0.3, -0.25) is 14.9 Å². The van der Waals surface area contributed by atoms with Gasteiger partial charge in [-0.15, -0.1) is 0 Å². The number of amides is 1. The second kappa shape index (κ2) is 9.75. The minimum absolute atomic E-state index is 0.183. The normalized spacial score (nSPS) is 11.6. The highest BCUT2D eigenvalue weighted by Crippen LogP contribution is 2.31. The number of hydrogen-bond donors (Lipinski definition) is 1. The van der Waals surface area contributed by atoms with E-state index in [4.69, 9.17) is 9.47 Å². The SMILES string of the molecule is CCCOc1ccc(C(C)NC(=O)c2ccc(-n3ccnc3)c([N+](=O)[O-])c2)cc1OC. The highest BCUT2D eigenvalue weighted by Gasteiger charge is 2.20. The molecule has 0 aliphatic rings. The fourth-order valence-corrected chi connectivity index (χ4v) is 3.08. The molecule has 9 nitrogen and oxygen atoms in total. The van der Waals surface area contributed by atoms with Gasteiger partial charge in [0.25, 0.3) is 11.6 Å². The van der Waals surface area contributed by atoms with Crippen LogP contribution < -0.4 is 14.8 Å². The van der Waals surface area contributed by atoms with Crippen molar-refractivity contribution in [3.8, 4) is 17.2 Å². The minimum atomic E-state index is -0.518. The van der Waals surface area contributed by atoms with Crippen molar-refractivity contribution in [2.24, 2.45) is 0 Å². The summed E-state index contributed by atoms with van der Waals surface area (Å²) >= 11 is 0. The molecule has 1 heterocycles. The summed E-state index contributed by atoms with van der Waals surface area (Å²) in [4.78, 5) is 27.7. The molecule has 0 fully saturated rings. The fourth-order valence-electron chi connectivity index (χ4n) is 3.08. The molecule has 3 rings (SSSR count). The second-order valence-electron chi connectivity index (χ2n) is 6.88. The van der Waals surface area contributed by atoms with Crippen molar-refractivity contribution in [2.45, 2.75) is 26.3 Å². The largest absolute Gasteiger partial charge is 0.493 e. The summed E-state index contributed by atoms with van der Waals surface area (Å²) in [6.45, 7) is 4.42. The third-order valence-electron chi connectivity index (χ3n) is 4.71. The summed E-state index contributed by atoms with van der Waals surface area (Å²) in [6, 6.07) is 9.45. The number of nitro benzene ring substituents is 1. The molecule has 1 unspecified atom stereocenters. The molecule has 0 radical (unpaired) electrons. The van der Waals surface area contributed by atoms with Gasteiger partial charge >= 0.3 is 0 Å². The van der Waals surface area contributed by atoms with Crippen molar-refractivity contribution in [1.82, 2.24) is 14.9 Å². The van der Waals surface area contributed by atoms with E-state index >= 15 is 0 Å². The average molecular weight is 424 g/mol. The molecule has 162 valence electrons. The monoisotopic (exact) mass is 424 g/mol. The molecule has 31 heavy (non-hydrogen) atoms. The first-order chi connectivity index (χ1) is 14.9. The third kappa shape index (κ3) is 5.00. The lowest BCUT2D eigenvalue weighted by Gasteiger charge is -2.17. The lowest BCUT2D eigenvalue weighted by molar-refractivity contribution is -0.384. The Morgan fingerprint density at radius 2 is 2.06 bits per heavy atom. The fraction of sp³-hybridized carbons (Fsp3) is 0.273. The predicted octanol–water partition coefficient (Wildman–Crippen LogP) is 4.07. The van der Waals surface area contributed by atoms with Gasteiger partial charge in [-0.25, -0.2) is 4.98 Å². The highest BCUT2D eigenvalue weighted by molar-refractivity contribution is 5.95. The Bertz CT molecular complexity index is 1070. The maximum absolute atomic E-state index is 12.8. The van der Waals surface area contributed by atoms with Crippen molar-refractivity contribution in [3.63, 3.8) is 0 Å². The van der Waals surface area contributed by atoms with Crippen molar-refractivity contribution in [1.29, 1.82) is 0 Å². The number of imidazole rings is 1. The Kier molecular flexibility index (Phi) is 6.86. The van der Waals surface area contributed by atoms with Crippen LogP contribution in [0.15, 0.2) is 55.1 Å². The van der Waals surface area contributed by atoms with Gasteiger partial charge in [0, 0.05) is 24.0 Å². The van der Waals surface area contributed by atoms with Crippen molar-refractivity contribution in [2.75, 3.05) is 13.7 Å². The summed E-state index contributed by atoms with van der Waals surface area (Å²) in [5.74, 6) is 0.794. The number of nitro groups is 1. The smallest absolute Gasteiger partial charge is 0.294 e. The van der Waals surface area contributed by atoms with Gasteiger partial charge in [0.2, 0.25) is 0 Å². The number of aromatic nitrogens is 2. The van der Waals surface area contributed by atoms with Crippen LogP contribution >= 0.6 is 0 Å². The summed E-state index contributed by atoms with van der Waals surface area (Å²) < 4.78 is 12.6. The van der Waals surface area contributed by atoms with Gasteiger partial charge in [-0.2, -0.15) is 0 Å². The third-order valence-corrected chi connectivity index (χ3v) is 4.71. The summed E-state index contributed by atoms with van der Waals surface area (Å²) in [5.41, 5.74) is 1.16. The maximum atomic E-state index is 12.8. The van der Waals surface area contributed by atoms with Crippen LogP contribution in [0.1, 0.15) is 42.2 Å². The summed E-state index contributed by atoms with van der Waals surface area (Å²) in [6.07, 6.45) is 5.47. The Hall–Kier alpha value is -3.88. The van der Waals surface area contributed by atoms with Gasteiger partial charge in [-0.1, -0.05) is 13.0 Å². The zero-order chi connectivity index (χ0) is 22.4. The van der Waals surface area contributed by atoms with Crippen LogP contribution in [-0.2, 0) is 0 Å². The number of ether oxygens (including phenoxy) is 2. The molecule has 0 aliphatic carbocycles. The molecule has 1 N–H and O–H groups in total. The van der Waals surface area contributed by atoms with Gasteiger partial charge in [0.05, 0.1) is 31.0 Å². The number of rotatable bonds is 9. The van der Waals surface area contributed by atoms with Crippen molar-refractivity contribution in [3.05, 3.63) is 76.4 Å². The molecule has 0 spiro atoms. The molecule has 0 bridgehead atoms. The Morgan fingerprint density at radius 3 is 2.71 bits per heavy atom. The van der Waals surface area contributed by atoms with E-state index < -0.39 is 10.8 Å². The Labute approximate surface area is 179 Å². The first kappa shape index (κ1) is 21.8. The molecule has 1 aromatic heterocycles. The van der Waals surface area contributed by atoms with Gasteiger partial charge in [-0.05, 0) is 43.2 Å². The zero-order valence-corrected chi connectivity index (χ0v) is 17.6. The van der Waals surface area contributed by atoms with E-state index in [9.17, 15) is 14.9 Å². The first-order valence-corrected chi connectivity index (χ1v) is 9.83. The van der Waals surface area contributed by atoms with E-state index in [2.05, 4.69) is 10.3 Å². The number of nitrogens with zero attached hydrogens (tertiary/aromatic N) is 3. The van der Waals surface area contributed by atoms with Crippen LogP contribution in [-0.4, -0.2) is 34.1 Å². The second-order valence-corrected chi connectivity index (χ2v) is 6.88. The summed E-state index contributed by atoms with van der Waals surface area (Å²) in [5, 5.41) is 14.4. The number of hydrogen-bond acceptors (Lipinski definition) is 6. The number of carbonyl (C=O) groups is 1. The molecule has 0 aliphatic heterocycles. The van der Waals surface area contributed by atoms with E-state index in [1.165, 1.54) is 29.2 Å². The van der Waals surface area contributed by atoms with Crippen molar-refractivity contribution < 1.29 is 19.2 Å². The van der Waals surface area contributed by atoms with Crippen LogP contribution in [0.2, 0.25) is 0 Å². The number of benzene rings is 2. The predicted molar refractivity (Wildman–Crippen MR) is 115 cm³/mol. The van der Waals surface area contributed by atoms with Crippen LogP contribution in [0.4, 0.5) is 5.69 Å². The van der Waals surface area contributed by atoms with Gasteiger partial charge in [0.1, 0.15) is 5.69 Å². The molecule has 1 atom stereocenters. The van der Waals surface area contributed by atoms with Crippen molar-refractivity contribution >= 4 is 11.6 Å². The molecule has 0 saturated carbocycles. The minimum Gasteiger partial charge on any atom is -0.493 e. The molecule has 9 heteroatoms. The van der Waals surface area contributed by atoms with Gasteiger partial charge in [0.15, 0.2) is 11.5 Å². The lowest BCUT2D eigenvalue weighted by atomic mass is 10.1. The van der Waals surface area contributed by atoms with E-state index in [1.807, 2.05) is 19.9 Å². The molecule has 2 aromatic carbocycles. The zero-order valence-electron chi connectivity index (χ0n) is 17.6. The summed E-state index contributed by atoms with van der Waals surface area (Å²) in [7, 11) is 1.56. The Morgan fingerprint density at radius 1 is 1.26 bits per heavy atom.